The minimum Gasteiger partial charge on any atom is -0.324 e. The van der Waals surface area contributed by atoms with Crippen molar-refractivity contribution < 1.29 is 17.6 Å². The fourth-order valence-corrected chi connectivity index (χ4v) is 3.96. The highest BCUT2D eigenvalue weighted by molar-refractivity contribution is 7.92. The van der Waals surface area contributed by atoms with Crippen LogP contribution >= 0.6 is 0 Å². The van der Waals surface area contributed by atoms with Gasteiger partial charge in [0.2, 0.25) is 15.9 Å². The molecule has 140 valence electrons. The summed E-state index contributed by atoms with van der Waals surface area (Å²) in [6.45, 7) is 5.55. The quantitative estimate of drug-likeness (QED) is 0.835. The van der Waals surface area contributed by atoms with Gasteiger partial charge in [0, 0.05) is 5.69 Å². The Morgan fingerprint density at radius 2 is 1.77 bits per heavy atom. The molecule has 0 radical (unpaired) electrons. The number of amides is 1. The summed E-state index contributed by atoms with van der Waals surface area (Å²) < 4.78 is 38.9. The van der Waals surface area contributed by atoms with Gasteiger partial charge in [-0.15, -0.1) is 0 Å². The van der Waals surface area contributed by atoms with Crippen molar-refractivity contribution in [3.05, 3.63) is 59.4 Å². The van der Waals surface area contributed by atoms with E-state index in [2.05, 4.69) is 5.32 Å². The van der Waals surface area contributed by atoms with Crippen molar-refractivity contribution in [1.82, 2.24) is 0 Å². The monoisotopic (exact) mass is 378 g/mol. The maximum atomic E-state index is 13.2. The smallest absolute Gasteiger partial charge is 0.248 e. The Hall–Kier alpha value is -2.41. The summed E-state index contributed by atoms with van der Waals surface area (Å²) in [5.74, 6) is -0.911. The van der Waals surface area contributed by atoms with E-state index in [1.54, 1.807) is 13.0 Å². The lowest BCUT2D eigenvalue weighted by atomic mass is 10.1. The fourth-order valence-electron chi connectivity index (χ4n) is 2.75. The van der Waals surface area contributed by atoms with Crippen molar-refractivity contribution >= 4 is 27.3 Å². The van der Waals surface area contributed by atoms with Crippen LogP contribution in [-0.4, -0.2) is 26.6 Å². The highest BCUT2D eigenvalue weighted by atomic mass is 32.2. The number of hydrogen-bond donors (Lipinski definition) is 1. The Morgan fingerprint density at radius 3 is 2.31 bits per heavy atom. The Morgan fingerprint density at radius 1 is 1.15 bits per heavy atom. The minimum atomic E-state index is -3.75. The van der Waals surface area contributed by atoms with E-state index in [1.807, 2.05) is 26.0 Å². The average molecular weight is 378 g/mol. The molecule has 2 aromatic carbocycles. The summed E-state index contributed by atoms with van der Waals surface area (Å²) in [5, 5.41) is 2.82. The first-order valence-corrected chi connectivity index (χ1v) is 10.1. The van der Waals surface area contributed by atoms with Crippen molar-refractivity contribution in [2.45, 2.75) is 33.2 Å². The molecule has 0 spiro atoms. The number of nitrogens with one attached hydrogen (secondary N) is 1. The minimum absolute atomic E-state index is 0.247. The number of aryl methyl sites for hydroxylation is 1. The van der Waals surface area contributed by atoms with Gasteiger partial charge < -0.3 is 5.32 Å². The molecule has 0 aliphatic heterocycles. The second-order valence-corrected chi connectivity index (χ2v) is 8.06. The molecule has 1 amide bonds. The molecule has 0 aliphatic carbocycles. The van der Waals surface area contributed by atoms with E-state index in [1.165, 1.54) is 24.3 Å². The summed E-state index contributed by atoms with van der Waals surface area (Å²) in [4.78, 5) is 12.8. The van der Waals surface area contributed by atoms with Crippen LogP contribution in [0.3, 0.4) is 0 Å². The van der Waals surface area contributed by atoms with Crippen LogP contribution in [0.4, 0.5) is 15.8 Å². The number of nitrogens with zero attached hydrogens (tertiary/aromatic N) is 1. The van der Waals surface area contributed by atoms with Crippen molar-refractivity contribution in [3.63, 3.8) is 0 Å². The molecule has 2 rings (SSSR count). The van der Waals surface area contributed by atoms with Gasteiger partial charge in [-0.25, -0.2) is 12.8 Å². The third-order valence-corrected chi connectivity index (χ3v) is 5.45. The van der Waals surface area contributed by atoms with Crippen molar-refractivity contribution in [2.75, 3.05) is 15.9 Å². The molecule has 5 nitrogen and oxygen atoms in total. The summed E-state index contributed by atoms with van der Waals surface area (Å²) in [7, 11) is -3.75. The van der Waals surface area contributed by atoms with Crippen LogP contribution < -0.4 is 9.62 Å². The summed E-state index contributed by atoms with van der Waals surface area (Å²) in [6, 6.07) is 9.63. The Balaban J connectivity index is 2.40. The zero-order valence-corrected chi connectivity index (χ0v) is 16.1. The summed E-state index contributed by atoms with van der Waals surface area (Å²) in [5.41, 5.74) is 2.83. The van der Waals surface area contributed by atoms with Crippen LogP contribution in [0.5, 0.6) is 0 Å². The van der Waals surface area contributed by atoms with Crippen molar-refractivity contribution in [1.29, 1.82) is 0 Å². The zero-order chi connectivity index (χ0) is 19.5. The van der Waals surface area contributed by atoms with Crippen LogP contribution in [-0.2, 0) is 14.8 Å². The maximum Gasteiger partial charge on any atom is 0.248 e. The third-order valence-electron chi connectivity index (χ3n) is 4.27. The normalized spacial score (nSPS) is 12.5. The SMILES string of the molecule is CC[C@@H](C(=O)Nc1cccc(C)c1C)N(c1ccc(F)cc1)S(C)(=O)=O. The van der Waals surface area contributed by atoms with E-state index in [0.717, 1.165) is 21.7 Å². The van der Waals surface area contributed by atoms with E-state index < -0.39 is 27.8 Å². The average Bonchev–Trinajstić information content (AvgIpc) is 2.56. The van der Waals surface area contributed by atoms with Gasteiger partial charge in [-0.3, -0.25) is 9.10 Å². The van der Waals surface area contributed by atoms with Crippen LogP contribution in [0, 0.1) is 19.7 Å². The predicted octanol–water partition coefficient (Wildman–Crippen LogP) is 3.63. The van der Waals surface area contributed by atoms with Gasteiger partial charge in [0.05, 0.1) is 11.9 Å². The molecular formula is C19H23FN2O3S. The van der Waals surface area contributed by atoms with Crippen LogP contribution in [0.2, 0.25) is 0 Å². The topological polar surface area (TPSA) is 66.5 Å². The van der Waals surface area contributed by atoms with E-state index in [4.69, 9.17) is 0 Å². The number of rotatable bonds is 6. The van der Waals surface area contributed by atoms with Crippen LogP contribution in [0.1, 0.15) is 24.5 Å². The van der Waals surface area contributed by atoms with E-state index in [9.17, 15) is 17.6 Å². The molecule has 0 bridgehead atoms. The Labute approximate surface area is 153 Å². The molecule has 0 saturated carbocycles. The molecule has 0 fully saturated rings. The number of carbonyl (C=O) groups is 1. The number of benzene rings is 2. The molecule has 0 unspecified atom stereocenters. The maximum absolute atomic E-state index is 13.2. The number of halogens is 1. The fraction of sp³-hybridized carbons (Fsp3) is 0.316. The molecular weight excluding hydrogens is 355 g/mol. The zero-order valence-electron chi connectivity index (χ0n) is 15.3. The van der Waals surface area contributed by atoms with Crippen LogP contribution in [0.25, 0.3) is 0 Å². The van der Waals surface area contributed by atoms with Gasteiger partial charge in [0.1, 0.15) is 11.9 Å². The third kappa shape index (κ3) is 4.40. The standard InChI is InChI=1S/C19H23FN2O3S/c1-5-18(19(23)21-17-8-6-7-13(2)14(17)3)22(26(4,24)25)16-11-9-15(20)10-12-16/h6-12,18H,5H2,1-4H3,(H,21,23)/t18-/m0/s1. The highest BCUT2D eigenvalue weighted by Crippen LogP contribution is 2.25. The molecule has 2 aromatic rings. The second-order valence-electron chi connectivity index (χ2n) is 6.20. The first-order valence-electron chi connectivity index (χ1n) is 8.27. The van der Waals surface area contributed by atoms with E-state index in [-0.39, 0.29) is 12.1 Å². The summed E-state index contributed by atoms with van der Waals surface area (Å²) >= 11 is 0. The van der Waals surface area contributed by atoms with Gasteiger partial charge >= 0.3 is 0 Å². The highest BCUT2D eigenvalue weighted by Gasteiger charge is 2.31. The van der Waals surface area contributed by atoms with Gasteiger partial charge in [-0.2, -0.15) is 0 Å². The number of sulfonamides is 1. The lowest BCUT2D eigenvalue weighted by molar-refractivity contribution is -0.117. The molecule has 7 heteroatoms. The van der Waals surface area contributed by atoms with Crippen LogP contribution in [0.15, 0.2) is 42.5 Å². The molecule has 1 atom stereocenters. The Bertz CT molecular complexity index is 896. The van der Waals surface area contributed by atoms with E-state index in [0.29, 0.717) is 5.69 Å². The lowest BCUT2D eigenvalue weighted by Crippen LogP contribution is -2.47. The first kappa shape index (κ1) is 19.9. The first-order chi connectivity index (χ1) is 12.1. The molecule has 0 heterocycles. The van der Waals surface area contributed by atoms with Gasteiger partial charge in [0.25, 0.3) is 0 Å². The predicted molar refractivity (Wildman–Crippen MR) is 102 cm³/mol. The largest absolute Gasteiger partial charge is 0.324 e. The molecule has 0 aliphatic rings. The van der Waals surface area contributed by atoms with Gasteiger partial charge in [-0.05, 0) is 61.7 Å². The molecule has 26 heavy (non-hydrogen) atoms. The molecule has 0 saturated heterocycles. The van der Waals surface area contributed by atoms with Gasteiger partial charge in [0.15, 0.2) is 0 Å². The van der Waals surface area contributed by atoms with Crippen molar-refractivity contribution in [2.24, 2.45) is 0 Å². The lowest BCUT2D eigenvalue weighted by Gasteiger charge is -2.30. The Kier molecular flexibility index (Phi) is 6.02. The van der Waals surface area contributed by atoms with E-state index >= 15 is 0 Å². The molecule has 0 aromatic heterocycles. The number of carbonyl (C=O) groups excluding carboxylic acids is 1. The second kappa shape index (κ2) is 7.86. The van der Waals surface area contributed by atoms with Gasteiger partial charge in [-0.1, -0.05) is 19.1 Å². The molecule has 1 N–H and O–H groups in total. The number of hydrogen-bond acceptors (Lipinski definition) is 3. The summed E-state index contributed by atoms with van der Waals surface area (Å²) in [6.07, 6.45) is 1.30. The number of anilines is 2. The van der Waals surface area contributed by atoms with Crippen molar-refractivity contribution in [3.8, 4) is 0 Å².